The van der Waals surface area contributed by atoms with Crippen LogP contribution in [0.1, 0.15) is 0 Å². The van der Waals surface area contributed by atoms with Gasteiger partial charge in [-0.2, -0.15) is 0 Å². The second-order valence-corrected chi connectivity index (χ2v) is 1.96. The Kier molecular flexibility index (Phi) is 1.76. The minimum atomic E-state index is -0.384. The molecule has 0 aliphatic carbocycles. The zero-order valence-corrected chi connectivity index (χ0v) is 5.69. The molecule has 0 atom stereocenters. The van der Waals surface area contributed by atoms with Crippen LogP contribution in [0.2, 0.25) is 0 Å². The molecule has 0 saturated heterocycles. The van der Waals surface area contributed by atoms with E-state index in [0.717, 1.165) is 0 Å². The van der Waals surface area contributed by atoms with Crippen molar-refractivity contribution in [1.29, 1.82) is 0 Å². The second kappa shape index (κ2) is 2.56. The van der Waals surface area contributed by atoms with E-state index in [2.05, 4.69) is 5.32 Å². The van der Waals surface area contributed by atoms with Crippen molar-refractivity contribution in [3.63, 3.8) is 0 Å². The third-order valence-corrected chi connectivity index (χ3v) is 1.30. The molecular formula is C7H9FN2. The quantitative estimate of drug-likeness (QED) is 0.579. The van der Waals surface area contributed by atoms with E-state index in [-0.39, 0.29) is 11.5 Å². The lowest BCUT2D eigenvalue weighted by atomic mass is 10.2. The number of nitrogens with two attached hydrogens (primary N) is 1. The van der Waals surface area contributed by atoms with Crippen LogP contribution < -0.4 is 11.1 Å². The summed E-state index contributed by atoms with van der Waals surface area (Å²) in [6.07, 6.45) is 0. The number of rotatable bonds is 1. The van der Waals surface area contributed by atoms with E-state index >= 15 is 0 Å². The van der Waals surface area contributed by atoms with Gasteiger partial charge in [0, 0.05) is 7.05 Å². The summed E-state index contributed by atoms with van der Waals surface area (Å²) >= 11 is 0. The highest BCUT2D eigenvalue weighted by molar-refractivity contribution is 5.55. The molecule has 0 heterocycles. The average molecular weight is 140 g/mol. The molecule has 3 heteroatoms. The van der Waals surface area contributed by atoms with Crippen LogP contribution >= 0.6 is 0 Å². The van der Waals surface area contributed by atoms with Gasteiger partial charge in [0.15, 0.2) is 5.82 Å². The largest absolute Gasteiger partial charge is 0.396 e. The summed E-state index contributed by atoms with van der Waals surface area (Å²) in [7, 11) is 1.65. The van der Waals surface area contributed by atoms with Gasteiger partial charge in [-0.3, -0.25) is 0 Å². The predicted molar refractivity (Wildman–Crippen MR) is 40.4 cm³/mol. The lowest BCUT2D eigenvalue weighted by Crippen LogP contribution is -1.96. The number of hydrogen-bond acceptors (Lipinski definition) is 2. The first-order valence-electron chi connectivity index (χ1n) is 2.97. The standard InChI is InChI=1S/C7H9FN2/c1-10-6-4-2-3-5(9)7(6)8/h2-4,10H,9H2,1H3. The monoisotopic (exact) mass is 140 g/mol. The Balaban J connectivity index is 3.14. The number of benzene rings is 1. The number of anilines is 2. The molecule has 2 nitrogen and oxygen atoms in total. The Hall–Kier alpha value is -1.25. The lowest BCUT2D eigenvalue weighted by Gasteiger charge is -2.02. The lowest BCUT2D eigenvalue weighted by molar-refractivity contribution is 0.636. The van der Waals surface area contributed by atoms with Crippen molar-refractivity contribution in [2.75, 3.05) is 18.1 Å². The molecule has 0 fully saturated rings. The highest BCUT2D eigenvalue weighted by atomic mass is 19.1. The molecule has 0 saturated carbocycles. The first-order valence-corrected chi connectivity index (χ1v) is 2.97. The van der Waals surface area contributed by atoms with Crippen LogP contribution in [0.5, 0.6) is 0 Å². The Morgan fingerprint density at radius 3 is 2.70 bits per heavy atom. The van der Waals surface area contributed by atoms with E-state index in [4.69, 9.17) is 5.73 Å². The van der Waals surface area contributed by atoms with Crippen molar-refractivity contribution in [3.05, 3.63) is 24.0 Å². The number of halogens is 1. The zero-order valence-electron chi connectivity index (χ0n) is 5.69. The Morgan fingerprint density at radius 1 is 1.50 bits per heavy atom. The Bertz CT molecular complexity index is 235. The van der Waals surface area contributed by atoms with Gasteiger partial charge in [0.05, 0.1) is 11.4 Å². The number of nitrogens with one attached hydrogen (secondary N) is 1. The van der Waals surface area contributed by atoms with E-state index in [1.165, 1.54) is 6.07 Å². The molecule has 1 aromatic carbocycles. The SMILES string of the molecule is CNc1cccc(N)c1F. The van der Waals surface area contributed by atoms with Gasteiger partial charge in [0.25, 0.3) is 0 Å². The maximum Gasteiger partial charge on any atom is 0.169 e. The van der Waals surface area contributed by atoms with Gasteiger partial charge in [-0.05, 0) is 12.1 Å². The maximum absolute atomic E-state index is 12.8. The van der Waals surface area contributed by atoms with Gasteiger partial charge in [0.2, 0.25) is 0 Å². The van der Waals surface area contributed by atoms with E-state index in [9.17, 15) is 4.39 Å². The molecular weight excluding hydrogens is 131 g/mol. The van der Waals surface area contributed by atoms with Crippen LogP contribution in [-0.2, 0) is 0 Å². The van der Waals surface area contributed by atoms with Gasteiger partial charge in [0.1, 0.15) is 0 Å². The molecule has 0 aliphatic rings. The molecule has 1 rings (SSSR count). The summed E-state index contributed by atoms with van der Waals surface area (Å²) < 4.78 is 12.8. The number of hydrogen-bond donors (Lipinski definition) is 2. The summed E-state index contributed by atoms with van der Waals surface area (Å²) in [5.74, 6) is -0.384. The minimum absolute atomic E-state index is 0.173. The van der Waals surface area contributed by atoms with Gasteiger partial charge in [-0.1, -0.05) is 6.07 Å². The number of nitrogen functional groups attached to an aromatic ring is 1. The molecule has 0 amide bonds. The summed E-state index contributed by atoms with van der Waals surface area (Å²) in [5.41, 5.74) is 5.88. The van der Waals surface area contributed by atoms with E-state index in [0.29, 0.717) is 5.69 Å². The van der Waals surface area contributed by atoms with Crippen LogP contribution in [0.25, 0.3) is 0 Å². The molecule has 0 aromatic heterocycles. The van der Waals surface area contributed by atoms with Crippen molar-refractivity contribution < 1.29 is 4.39 Å². The Morgan fingerprint density at radius 2 is 2.20 bits per heavy atom. The van der Waals surface area contributed by atoms with Crippen LogP contribution in [0.15, 0.2) is 18.2 Å². The van der Waals surface area contributed by atoms with Gasteiger partial charge in [-0.25, -0.2) is 4.39 Å². The fourth-order valence-electron chi connectivity index (χ4n) is 0.743. The van der Waals surface area contributed by atoms with Crippen molar-refractivity contribution in [2.24, 2.45) is 0 Å². The molecule has 0 unspecified atom stereocenters. The van der Waals surface area contributed by atoms with Gasteiger partial charge in [-0.15, -0.1) is 0 Å². The van der Waals surface area contributed by atoms with Crippen molar-refractivity contribution in [2.45, 2.75) is 0 Å². The first-order chi connectivity index (χ1) is 4.75. The molecule has 0 bridgehead atoms. The van der Waals surface area contributed by atoms with E-state index < -0.39 is 0 Å². The summed E-state index contributed by atoms with van der Waals surface area (Å²) in [6.45, 7) is 0. The fraction of sp³-hybridized carbons (Fsp3) is 0.143. The van der Waals surface area contributed by atoms with Crippen molar-refractivity contribution >= 4 is 11.4 Å². The van der Waals surface area contributed by atoms with Gasteiger partial charge < -0.3 is 11.1 Å². The van der Waals surface area contributed by atoms with Gasteiger partial charge >= 0.3 is 0 Å². The van der Waals surface area contributed by atoms with E-state index in [1.54, 1.807) is 19.2 Å². The summed E-state index contributed by atoms with van der Waals surface area (Å²) in [4.78, 5) is 0. The first kappa shape index (κ1) is 6.86. The third-order valence-electron chi connectivity index (χ3n) is 1.30. The minimum Gasteiger partial charge on any atom is -0.396 e. The third kappa shape index (κ3) is 1.03. The maximum atomic E-state index is 12.8. The highest BCUT2D eigenvalue weighted by Crippen LogP contribution is 2.18. The molecule has 0 spiro atoms. The van der Waals surface area contributed by atoms with E-state index in [1.807, 2.05) is 0 Å². The molecule has 0 radical (unpaired) electrons. The summed E-state index contributed by atoms with van der Waals surface area (Å²) in [5, 5.41) is 2.68. The average Bonchev–Trinajstić information content (AvgIpc) is 1.95. The Labute approximate surface area is 58.9 Å². The van der Waals surface area contributed by atoms with Crippen molar-refractivity contribution in [1.82, 2.24) is 0 Å². The molecule has 3 N–H and O–H groups in total. The van der Waals surface area contributed by atoms with Crippen molar-refractivity contribution in [3.8, 4) is 0 Å². The normalized spacial score (nSPS) is 9.40. The van der Waals surface area contributed by atoms with Crippen LogP contribution in [0.3, 0.4) is 0 Å². The molecule has 54 valence electrons. The smallest absolute Gasteiger partial charge is 0.169 e. The molecule has 1 aromatic rings. The zero-order chi connectivity index (χ0) is 7.56. The predicted octanol–water partition coefficient (Wildman–Crippen LogP) is 1.45. The van der Waals surface area contributed by atoms with Crippen LogP contribution in [0, 0.1) is 5.82 Å². The van der Waals surface area contributed by atoms with Crippen LogP contribution in [0.4, 0.5) is 15.8 Å². The topological polar surface area (TPSA) is 38.0 Å². The fourth-order valence-corrected chi connectivity index (χ4v) is 0.743. The molecule has 0 aliphatic heterocycles. The summed E-state index contributed by atoms with van der Waals surface area (Å²) in [6, 6.07) is 4.85. The molecule has 10 heavy (non-hydrogen) atoms. The highest BCUT2D eigenvalue weighted by Gasteiger charge is 2.00. The van der Waals surface area contributed by atoms with Crippen LogP contribution in [-0.4, -0.2) is 7.05 Å². The second-order valence-electron chi connectivity index (χ2n) is 1.96.